The largest absolute Gasteiger partial charge is 0.347 e. The van der Waals surface area contributed by atoms with Gasteiger partial charge < -0.3 is 5.32 Å². The summed E-state index contributed by atoms with van der Waals surface area (Å²) >= 11 is 5.74. The number of carbonyl (C=O) groups excluding carboxylic acids is 1. The highest BCUT2D eigenvalue weighted by Crippen LogP contribution is 2.07. The number of halogens is 1. The molecule has 2 unspecified atom stereocenters. The van der Waals surface area contributed by atoms with Crippen molar-refractivity contribution in [1.29, 1.82) is 0 Å². The third-order valence-electron chi connectivity index (χ3n) is 1.82. The minimum absolute atomic E-state index is 0.154. The molecule has 1 amide bonds. The van der Waals surface area contributed by atoms with Crippen molar-refractivity contribution >= 4 is 28.3 Å². The number of hydrogen-bond acceptors (Lipinski definition) is 3. The lowest BCUT2D eigenvalue weighted by Gasteiger charge is -2.11. The average molecular weight is 261 g/mol. The van der Waals surface area contributed by atoms with E-state index in [1.54, 1.807) is 19.2 Å². The Morgan fingerprint density at radius 2 is 2.38 bits per heavy atom. The van der Waals surface area contributed by atoms with Gasteiger partial charge in [-0.25, -0.2) is 0 Å². The van der Waals surface area contributed by atoms with Crippen LogP contribution < -0.4 is 5.32 Å². The molecule has 2 atom stereocenters. The van der Waals surface area contributed by atoms with E-state index in [1.807, 2.05) is 0 Å². The van der Waals surface area contributed by atoms with Gasteiger partial charge in [-0.2, -0.15) is 0 Å². The fraction of sp³-hybridized carbons (Fsp3) is 0.400. The molecule has 0 aliphatic heterocycles. The van der Waals surface area contributed by atoms with Crippen molar-refractivity contribution in [2.24, 2.45) is 0 Å². The van der Waals surface area contributed by atoms with Crippen LogP contribution in [0.3, 0.4) is 0 Å². The lowest BCUT2D eigenvalue weighted by atomic mass is 10.3. The Balaban J connectivity index is 2.62. The van der Waals surface area contributed by atoms with E-state index in [0.717, 1.165) is 0 Å². The van der Waals surface area contributed by atoms with E-state index in [4.69, 9.17) is 11.6 Å². The van der Waals surface area contributed by atoms with Gasteiger partial charge in [-0.05, 0) is 19.1 Å². The van der Waals surface area contributed by atoms with Gasteiger partial charge >= 0.3 is 0 Å². The summed E-state index contributed by atoms with van der Waals surface area (Å²) in [6.45, 7) is 1.80. The number of nitrogens with one attached hydrogen (secondary N) is 1. The van der Waals surface area contributed by atoms with E-state index in [2.05, 4.69) is 10.3 Å². The topological polar surface area (TPSA) is 59.1 Å². The van der Waals surface area contributed by atoms with Crippen LogP contribution in [-0.4, -0.2) is 33.2 Å². The molecule has 0 aliphatic rings. The molecule has 0 saturated heterocycles. The van der Waals surface area contributed by atoms with Gasteiger partial charge in [-0.1, -0.05) is 11.6 Å². The second-order valence-corrected chi connectivity index (χ2v) is 5.39. The molecule has 0 fully saturated rings. The van der Waals surface area contributed by atoms with Crippen LogP contribution >= 0.6 is 11.6 Å². The average Bonchev–Trinajstić information content (AvgIpc) is 2.16. The number of amides is 1. The standard InChI is InChI=1S/C10H13ClN2O2S/c1-7(6-16(2)15)13-10(14)9-5-8(11)3-4-12-9/h3-5,7H,6H2,1-2H3,(H,13,14). The fourth-order valence-electron chi connectivity index (χ4n) is 1.22. The van der Waals surface area contributed by atoms with Gasteiger partial charge in [0.2, 0.25) is 0 Å². The SMILES string of the molecule is CC(CS(C)=O)NC(=O)c1cc(Cl)ccn1. The minimum atomic E-state index is -0.934. The highest BCUT2D eigenvalue weighted by Gasteiger charge is 2.12. The second-order valence-electron chi connectivity index (χ2n) is 3.47. The first-order valence-electron chi connectivity index (χ1n) is 4.71. The van der Waals surface area contributed by atoms with Gasteiger partial charge in [0.15, 0.2) is 0 Å². The molecule has 4 nitrogen and oxygen atoms in total. The molecular weight excluding hydrogens is 248 g/mol. The normalized spacial score (nSPS) is 14.2. The smallest absolute Gasteiger partial charge is 0.270 e. The molecule has 0 spiro atoms. The summed E-state index contributed by atoms with van der Waals surface area (Å²) in [7, 11) is -0.934. The molecule has 0 aliphatic carbocycles. The Morgan fingerprint density at radius 3 is 2.94 bits per heavy atom. The molecule has 0 aromatic carbocycles. The monoisotopic (exact) mass is 260 g/mol. The van der Waals surface area contributed by atoms with Gasteiger partial charge in [0.1, 0.15) is 5.69 Å². The van der Waals surface area contributed by atoms with E-state index >= 15 is 0 Å². The molecule has 1 N–H and O–H groups in total. The van der Waals surface area contributed by atoms with Crippen LogP contribution in [0.5, 0.6) is 0 Å². The summed E-state index contributed by atoms with van der Waals surface area (Å²) in [5.74, 6) is 0.118. The van der Waals surface area contributed by atoms with Crippen LogP contribution in [0.1, 0.15) is 17.4 Å². The van der Waals surface area contributed by atoms with Gasteiger partial charge in [0.05, 0.1) is 0 Å². The molecule has 88 valence electrons. The zero-order chi connectivity index (χ0) is 12.1. The molecule has 16 heavy (non-hydrogen) atoms. The number of nitrogens with zero attached hydrogens (tertiary/aromatic N) is 1. The van der Waals surface area contributed by atoms with Gasteiger partial charge in [-0.15, -0.1) is 0 Å². The molecule has 1 rings (SSSR count). The van der Waals surface area contributed by atoms with E-state index in [0.29, 0.717) is 10.8 Å². The number of pyridine rings is 1. The van der Waals surface area contributed by atoms with Crippen molar-refractivity contribution in [3.05, 3.63) is 29.0 Å². The number of rotatable bonds is 4. The summed E-state index contributed by atoms with van der Waals surface area (Å²) in [6, 6.07) is 2.94. The molecule has 6 heteroatoms. The van der Waals surface area contributed by atoms with Crippen LogP contribution in [0.2, 0.25) is 5.02 Å². The maximum Gasteiger partial charge on any atom is 0.270 e. The van der Waals surface area contributed by atoms with E-state index in [-0.39, 0.29) is 17.6 Å². The summed E-state index contributed by atoms with van der Waals surface area (Å²) < 4.78 is 10.9. The molecule has 1 aromatic rings. The molecular formula is C10H13ClN2O2S. The zero-order valence-electron chi connectivity index (χ0n) is 9.07. The Morgan fingerprint density at radius 1 is 1.69 bits per heavy atom. The Hall–Kier alpha value is -0.940. The van der Waals surface area contributed by atoms with Crippen molar-refractivity contribution in [2.75, 3.05) is 12.0 Å². The predicted octanol–water partition coefficient (Wildman–Crippen LogP) is 1.23. The van der Waals surface area contributed by atoms with Crippen LogP contribution in [0.4, 0.5) is 0 Å². The van der Waals surface area contributed by atoms with E-state index in [1.165, 1.54) is 12.3 Å². The summed E-state index contributed by atoms with van der Waals surface area (Å²) in [5, 5.41) is 3.17. The van der Waals surface area contributed by atoms with Crippen molar-refractivity contribution in [1.82, 2.24) is 10.3 Å². The van der Waals surface area contributed by atoms with Gasteiger partial charge in [0, 0.05) is 40.1 Å². The second kappa shape index (κ2) is 5.96. The molecule has 0 saturated carbocycles. The van der Waals surface area contributed by atoms with Crippen molar-refractivity contribution in [3.8, 4) is 0 Å². The van der Waals surface area contributed by atoms with E-state index in [9.17, 15) is 9.00 Å². The van der Waals surface area contributed by atoms with Crippen LogP contribution in [0.25, 0.3) is 0 Å². The van der Waals surface area contributed by atoms with Crippen molar-refractivity contribution < 1.29 is 9.00 Å². The summed E-state index contributed by atoms with van der Waals surface area (Å²) in [4.78, 5) is 15.6. The lowest BCUT2D eigenvalue weighted by molar-refractivity contribution is 0.0938. The zero-order valence-corrected chi connectivity index (χ0v) is 10.6. The minimum Gasteiger partial charge on any atom is -0.347 e. The number of hydrogen-bond donors (Lipinski definition) is 1. The number of aromatic nitrogens is 1. The Bertz CT molecular complexity index is 412. The Kier molecular flexibility index (Phi) is 4.89. The van der Waals surface area contributed by atoms with E-state index < -0.39 is 10.8 Å². The molecule has 1 aromatic heterocycles. The summed E-state index contributed by atoms with van der Waals surface area (Å²) in [5.41, 5.74) is 0.265. The maximum atomic E-state index is 11.7. The maximum absolute atomic E-state index is 11.7. The van der Waals surface area contributed by atoms with Crippen LogP contribution in [-0.2, 0) is 10.8 Å². The highest BCUT2D eigenvalue weighted by molar-refractivity contribution is 7.84. The van der Waals surface area contributed by atoms with Crippen LogP contribution in [0, 0.1) is 0 Å². The molecule has 1 heterocycles. The summed E-state index contributed by atoms with van der Waals surface area (Å²) in [6.07, 6.45) is 3.07. The number of carbonyl (C=O) groups is 1. The third-order valence-corrected chi connectivity index (χ3v) is 3.02. The highest BCUT2D eigenvalue weighted by atomic mass is 35.5. The molecule has 0 bridgehead atoms. The Labute approximate surface area is 102 Å². The first-order chi connectivity index (χ1) is 7.49. The fourth-order valence-corrected chi connectivity index (χ4v) is 2.17. The van der Waals surface area contributed by atoms with Crippen molar-refractivity contribution in [2.45, 2.75) is 13.0 Å². The third kappa shape index (κ3) is 4.28. The first kappa shape index (κ1) is 13.1. The predicted molar refractivity (Wildman–Crippen MR) is 65.1 cm³/mol. The lowest BCUT2D eigenvalue weighted by Crippen LogP contribution is -2.36. The van der Waals surface area contributed by atoms with Gasteiger partial charge in [-0.3, -0.25) is 14.0 Å². The van der Waals surface area contributed by atoms with Gasteiger partial charge in [0.25, 0.3) is 5.91 Å². The molecule has 0 radical (unpaired) electrons. The van der Waals surface area contributed by atoms with Crippen LogP contribution in [0.15, 0.2) is 18.3 Å². The first-order valence-corrected chi connectivity index (χ1v) is 6.82. The van der Waals surface area contributed by atoms with Crippen molar-refractivity contribution in [3.63, 3.8) is 0 Å². The quantitative estimate of drug-likeness (QED) is 0.886.